The Morgan fingerprint density at radius 1 is 1.13 bits per heavy atom. The van der Waals surface area contributed by atoms with Crippen LogP contribution in [0, 0.1) is 0 Å². The van der Waals surface area contributed by atoms with Gasteiger partial charge in [0.1, 0.15) is 5.69 Å². The molecule has 0 radical (unpaired) electrons. The molecule has 7 nitrogen and oxygen atoms in total. The molecule has 158 valence electrons. The molecule has 3 aromatic rings. The summed E-state index contributed by atoms with van der Waals surface area (Å²) in [6.07, 6.45) is 0. The van der Waals surface area contributed by atoms with Crippen LogP contribution >= 0.6 is 11.6 Å². The molecule has 2 aromatic carbocycles. The van der Waals surface area contributed by atoms with Crippen LogP contribution in [0.3, 0.4) is 0 Å². The second kappa shape index (κ2) is 8.49. The Bertz CT molecular complexity index is 1220. The summed E-state index contributed by atoms with van der Waals surface area (Å²) in [6.45, 7) is 1.80. The fourth-order valence-corrected chi connectivity index (χ4v) is 4.48. The highest BCUT2D eigenvalue weighted by molar-refractivity contribution is 7.92. The van der Waals surface area contributed by atoms with Crippen molar-refractivity contribution < 1.29 is 22.7 Å². The molecular formula is C21H21ClN2O5S. The lowest BCUT2D eigenvalue weighted by Crippen LogP contribution is -2.28. The van der Waals surface area contributed by atoms with Crippen molar-refractivity contribution in [1.29, 1.82) is 0 Å². The van der Waals surface area contributed by atoms with Gasteiger partial charge in [-0.2, -0.15) is 0 Å². The number of amides is 1. The van der Waals surface area contributed by atoms with Crippen molar-refractivity contribution >= 4 is 44.2 Å². The highest BCUT2D eigenvalue weighted by Crippen LogP contribution is 2.23. The maximum Gasteiger partial charge on any atom is 0.321 e. The number of hydrogen-bond donors (Lipinski definition) is 1. The van der Waals surface area contributed by atoms with Crippen molar-refractivity contribution in [1.82, 2.24) is 9.88 Å². The van der Waals surface area contributed by atoms with E-state index in [1.165, 1.54) is 12.1 Å². The summed E-state index contributed by atoms with van der Waals surface area (Å²) < 4.78 is 30.6. The van der Waals surface area contributed by atoms with E-state index in [0.717, 1.165) is 23.6 Å². The lowest BCUT2D eigenvalue weighted by atomic mass is 10.1. The molecule has 1 atom stereocenters. The molecular weight excluding hydrogens is 428 g/mol. The van der Waals surface area contributed by atoms with Crippen molar-refractivity contribution in [2.45, 2.75) is 17.9 Å². The number of hydrogen-bond acceptors (Lipinski definition) is 5. The van der Waals surface area contributed by atoms with Gasteiger partial charge in [-0.25, -0.2) is 8.42 Å². The first kappa shape index (κ1) is 21.9. The molecule has 0 aliphatic heterocycles. The number of aryl methyl sites for hydroxylation is 1. The molecule has 1 aromatic heterocycles. The van der Waals surface area contributed by atoms with E-state index in [2.05, 4.69) is 10.1 Å². The van der Waals surface area contributed by atoms with Crippen LogP contribution in [-0.4, -0.2) is 37.7 Å². The number of carbonyl (C=O) groups excluding carboxylic acids is 2. The molecule has 9 heteroatoms. The number of esters is 1. The highest BCUT2D eigenvalue weighted by atomic mass is 35.5. The topological polar surface area (TPSA) is 94.5 Å². The number of nitrogens with zero attached hydrogens (tertiary/aromatic N) is 1. The number of halogens is 1. The summed E-state index contributed by atoms with van der Waals surface area (Å²) in [6, 6.07) is 12.9. The van der Waals surface area contributed by atoms with Crippen molar-refractivity contribution in [3.05, 3.63) is 64.8 Å². The number of aromatic nitrogens is 1. The van der Waals surface area contributed by atoms with Crippen LogP contribution in [0.2, 0.25) is 5.02 Å². The standard InChI is InChI=1S/C21H21ClN2O5S/c1-13(14-4-7-17(8-5-14)30(27,28)12-20(25)29-3)23-21(26)19-11-15-10-16(22)6-9-18(15)24(19)2/h4-11,13H,12H2,1-3H3,(H,23,26)/t13-/m1/s1. The van der Waals surface area contributed by atoms with Gasteiger partial charge in [0, 0.05) is 23.0 Å². The summed E-state index contributed by atoms with van der Waals surface area (Å²) in [5.74, 6) is -1.81. The zero-order valence-electron chi connectivity index (χ0n) is 16.7. The fraction of sp³-hybridized carbons (Fsp3) is 0.238. The van der Waals surface area contributed by atoms with Gasteiger partial charge in [-0.1, -0.05) is 23.7 Å². The average molecular weight is 449 g/mol. The smallest absolute Gasteiger partial charge is 0.321 e. The van der Waals surface area contributed by atoms with Gasteiger partial charge in [-0.15, -0.1) is 0 Å². The maximum absolute atomic E-state index is 12.8. The molecule has 0 saturated heterocycles. The van der Waals surface area contributed by atoms with Crippen molar-refractivity contribution in [2.75, 3.05) is 12.9 Å². The van der Waals surface area contributed by atoms with Crippen LogP contribution in [0.15, 0.2) is 53.4 Å². The van der Waals surface area contributed by atoms with E-state index in [-0.39, 0.29) is 16.8 Å². The summed E-state index contributed by atoms with van der Waals surface area (Å²) >= 11 is 6.03. The Labute approximate surface area is 179 Å². The summed E-state index contributed by atoms with van der Waals surface area (Å²) in [7, 11) is -0.843. The number of rotatable bonds is 6. The minimum absolute atomic E-state index is 0.0146. The number of nitrogens with one attached hydrogen (secondary N) is 1. The van der Waals surface area contributed by atoms with Gasteiger partial charge < -0.3 is 14.6 Å². The van der Waals surface area contributed by atoms with Gasteiger partial charge >= 0.3 is 5.97 Å². The van der Waals surface area contributed by atoms with E-state index in [1.54, 1.807) is 48.9 Å². The largest absolute Gasteiger partial charge is 0.468 e. The van der Waals surface area contributed by atoms with Crippen LogP contribution < -0.4 is 5.32 Å². The van der Waals surface area contributed by atoms with Crippen LogP contribution in [0.5, 0.6) is 0 Å². The SMILES string of the molecule is COC(=O)CS(=O)(=O)c1ccc([C@@H](C)NC(=O)c2cc3cc(Cl)ccc3n2C)cc1. The third-order valence-electron chi connectivity index (χ3n) is 4.86. The van der Waals surface area contributed by atoms with Gasteiger partial charge in [-0.3, -0.25) is 9.59 Å². The molecule has 0 unspecified atom stereocenters. The molecule has 30 heavy (non-hydrogen) atoms. The van der Waals surface area contributed by atoms with Crippen molar-refractivity contribution in [2.24, 2.45) is 7.05 Å². The second-order valence-electron chi connectivity index (χ2n) is 6.89. The Kier molecular flexibility index (Phi) is 6.19. The molecule has 0 bridgehead atoms. The average Bonchev–Trinajstić information content (AvgIpc) is 3.03. The summed E-state index contributed by atoms with van der Waals surface area (Å²) in [5, 5.41) is 4.37. The lowest BCUT2D eigenvalue weighted by molar-refractivity contribution is -0.137. The predicted octanol–water partition coefficient (Wildman–Crippen LogP) is 3.27. The Hall–Kier alpha value is -2.84. The van der Waals surface area contributed by atoms with E-state index in [1.807, 2.05) is 6.07 Å². The number of carbonyl (C=O) groups is 2. The van der Waals surface area contributed by atoms with E-state index < -0.39 is 21.6 Å². The molecule has 1 amide bonds. The Morgan fingerprint density at radius 3 is 2.43 bits per heavy atom. The number of ether oxygens (including phenoxy) is 1. The molecule has 0 fully saturated rings. The number of benzene rings is 2. The Morgan fingerprint density at radius 2 is 1.80 bits per heavy atom. The molecule has 0 saturated carbocycles. The number of fused-ring (bicyclic) bond motifs is 1. The van der Waals surface area contributed by atoms with E-state index in [0.29, 0.717) is 10.7 Å². The Balaban J connectivity index is 1.76. The molecule has 1 heterocycles. The van der Waals surface area contributed by atoms with Crippen molar-refractivity contribution in [3.8, 4) is 0 Å². The summed E-state index contributed by atoms with van der Waals surface area (Å²) in [5.41, 5.74) is 2.09. The molecule has 3 rings (SSSR count). The third kappa shape index (κ3) is 4.49. The predicted molar refractivity (Wildman–Crippen MR) is 114 cm³/mol. The van der Waals surface area contributed by atoms with E-state index in [4.69, 9.17) is 11.6 Å². The first-order chi connectivity index (χ1) is 14.1. The molecule has 0 aliphatic rings. The molecule has 0 spiro atoms. The number of sulfone groups is 1. The van der Waals surface area contributed by atoms with Crippen molar-refractivity contribution in [3.63, 3.8) is 0 Å². The highest BCUT2D eigenvalue weighted by Gasteiger charge is 2.21. The first-order valence-electron chi connectivity index (χ1n) is 9.08. The van der Waals surface area contributed by atoms with Gasteiger partial charge in [0.15, 0.2) is 15.6 Å². The van der Waals surface area contributed by atoms with Gasteiger partial charge in [0.2, 0.25) is 0 Å². The first-order valence-corrected chi connectivity index (χ1v) is 11.1. The second-order valence-corrected chi connectivity index (χ2v) is 9.32. The van der Waals surface area contributed by atoms with Gasteiger partial charge in [0.05, 0.1) is 18.0 Å². The minimum atomic E-state index is -3.78. The van der Waals surface area contributed by atoms with Gasteiger partial charge in [-0.05, 0) is 48.9 Å². The monoisotopic (exact) mass is 448 g/mol. The summed E-state index contributed by atoms with van der Waals surface area (Å²) in [4.78, 5) is 24.1. The van der Waals surface area contributed by atoms with Crippen LogP contribution in [-0.2, 0) is 26.4 Å². The molecule has 1 N–H and O–H groups in total. The minimum Gasteiger partial charge on any atom is -0.468 e. The zero-order chi connectivity index (χ0) is 22.1. The van der Waals surface area contributed by atoms with Crippen LogP contribution in [0.1, 0.15) is 29.0 Å². The van der Waals surface area contributed by atoms with Crippen LogP contribution in [0.4, 0.5) is 0 Å². The molecule has 0 aliphatic carbocycles. The number of methoxy groups -OCH3 is 1. The van der Waals surface area contributed by atoms with Gasteiger partial charge in [0.25, 0.3) is 5.91 Å². The maximum atomic E-state index is 12.8. The van der Waals surface area contributed by atoms with E-state index >= 15 is 0 Å². The quantitative estimate of drug-likeness (QED) is 0.584. The lowest BCUT2D eigenvalue weighted by Gasteiger charge is -2.15. The zero-order valence-corrected chi connectivity index (χ0v) is 18.3. The fourth-order valence-electron chi connectivity index (χ4n) is 3.15. The normalized spacial score (nSPS) is 12.5. The van der Waals surface area contributed by atoms with E-state index in [9.17, 15) is 18.0 Å². The van der Waals surface area contributed by atoms with Crippen LogP contribution in [0.25, 0.3) is 10.9 Å². The third-order valence-corrected chi connectivity index (χ3v) is 6.70.